The third-order valence-corrected chi connectivity index (χ3v) is 6.07. The zero-order valence-corrected chi connectivity index (χ0v) is 17.9. The van der Waals surface area contributed by atoms with E-state index in [2.05, 4.69) is 11.4 Å². The maximum absolute atomic E-state index is 12.4. The van der Waals surface area contributed by atoms with E-state index in [-0.39, 0.29) is 11.5 Å². The fraction of sp³-hybridized carbons (Fsp3) is 0.182. The summed E-state index contributed by atoms with van der Waals surface area (Å²) >= 11 is 7.38. The van der Waals surface area contributed by atoms with Crippen molar-refractivity contribution in [2.24, 2.45) is 0 Å². The highest BCUT2D eigenvalue weighted by atomic mass is 35.5. The number of allylic oxidation sites excluding steroid dienone is 3. The molecule has 0 spiro atoms. The standard InChI is InChI=1S/C22H18ClN3O3S/c1-13-20(14(2)27)21(16-6-8-17(23)9-7-16)19(11-24)22(25-13)30-12-15-4-3-5-18(10-15)26(28)29/h3-10,21,25H,12H2,1-2H3. The first kappa shape index (κ1) is 21.6. The van der Waals surface area contributed by atoms with Crippen LogP contribution in [0.2, 0.25) is 5.02 Å². The summed E-state index contributed by atoms with van der Waals surface area (Å²) in [5, 5.41) is 25.3. The van der Waals surface area contributed by atoms with E-state index >= 15 is 0 Å². The molecule has 1 N–H and O–H groups in total. The normalized spacial score (nSPS) is 16.1. The zero-order chi connectivity index (χ0) is 21.8. The summed E-state index contributed by atoms with van der Waals surface area (Å²) in [5.74, 6) is -0.181. The first-order chi connectivity index (χ1) is 14.3. The van der Waals surface area contributed by atoms with Gasteiger partial charge in [0.2, 0.25) is 0 Å². The second-order valence-corrected chi connectivity index (χ2v) is 8.20. The number of rotatable bonds is 6. The molecule has 2 aromatic rings. The fourth-order valence-electron chi connectivity index (χ4n) is 3.40. The van der Waals surface area contributed by atoms with E-state index in [1.807, 2.05) is 19.1 Å². The van der Waals surface area contributed by atoms with Crippen molar-refractivity contribution in [3.8, 4) is 6.07 Å². The second-order valence-electron chi connectivity index (χ2n) is 6.77. The summed E-state index contributed by atoms with van der Waals surface area (Å²) in [6.45, 7) is 3.29. The number of dihydropyridines is 1. The van der Waals surface area contributed by atoms with Crippen LogP contribution in [0.3, 0.4) is 0 Å². The summed E-state index contributed by atoms with van der Waals surface area (Å²) in [7, 11) is 0. The Morgan fingerprint density at radius 2 is 2.00 bits per heavy atom. The molecule has 3 rings (SSSR count). The van der Waals surface area contributed by atoms with Gasteiger partial charge in [-0.05, 0) is 37.1 Å². The fourth-order valence-corrected chi connectivity index (χ4v) is 4.56. The molecular weight excluding hydrogens is 422 g/mol. The number of nitrogens with one attached hydrogen (secondary N) is 1. The lowest BCUT2D eigenvalue weighted by atomic mass is 9.81. The highest BCUT2D eigenvalue weighted by Crippen LogP contribution is 2.41. The molecule has 152 valence electrons. The van der Waals surface area contributed by atoms with E-state index in [4.69, 9.17) is 11.6 Å². The van der Waals surface area contributed by atoms with Crippen LogP contribution >= 0.6 is 23.4 Å². The molecule has 0 aliphatic carbocycles. The van der Waals surface area contributed by atoms with Gasteiger partial charge in [0.15, 0.2) is 5.78 Å². The van der Waals surface area contributed by atoms with Crippen molar-refractivity contribution < 1.29 is 9.72 Å². The van der Waals surface area contributed by atoms with Crippen molar-refractivity contribution in [3.05, 3.63) is 96.7 Å². The Morgan fingerprint density at radius 3 is 2.60 bits per heavy atom. The number of nitriles is 1. The number of nitro benzene ring substituents is 1. The van der Waals surface area contributed by atoms with Gasteiger partial charge in [-0.15, -0.1) is 11.8 Å². The van der Waals surface area contributed by atoms with Gasteiger partial charge < -0.3 is 5.32 Å². The number of nitro groups is 1. The molecule has 1 unspecified atom stereocenters. The van der Waals surface area contributed by atoms with E-state index in [0.717, 1.165) is 11.1 Å². The largest absolute Gasteiger partial charge is 0.353 e. The molecule has 1 heterocycles. The summed E-state index contributed by atoms with van der Waals surface area (Å²) in [5.41, 5.74) is 3.24. The van der Waals surface area contributed by atoms with Crippen LogP contribution < -0.4 is 5.32 Å². The first-order valence-corrected chi connectivity index (χ1v) is 10.4. The highest BCUT2D eigenvalue weighted by Gasteiger charge is 2.33. The molecule has 30 heavy (non-hydrogen) atoms. The van der Waals surface area contributed by atoms with E-state index in [0.29, 0.717) is 32.6 Å². The van der Waals surface area contributed by atoms with Crippen LogP contribution in [0.25, 0.3) is 0 Å². The van der Waals surface area contributed by atoms with Gasteiger partial charge in [0.05, 0.1) is 27.5 Å². The third kappa shape index (κ3) is 4.56. The smallest absolute Gasteiger partial charge is 0.269 e. The Morgan fingerprint density at radius 1 is 1.30 bits per heavy atom. The van der Waals surface area contributed by atoms with Crippen molar-refractivity contribution in [2.45, 2.75) is 25.5 Å². The van der Waals surface area contributed by atoms with Crippen molar-refractivity contribution in [2.75, 3.05) is 0 Å². The SMILES string of the molecule is CC(=O)C1=C(C)NC(SCc2cccc([N+](=O)[O-])c2)=C(C#N)C1c1ccc(Cl)cc1. The van der Waals surface area contributed by atoms with Crippen molar-refractivity contribution in [3.63, 3.8) is 0 Å². The molecule has 0 saturated heterocycles. The van der Waals surface area contributed by atoms with Crippen molar-refractivity contribution >= 4 is 34.8 Å². The lowest BCUT2D eigenvalue weighted by Crippen LogP contribution is -2.27. The van der Waals surface area contributed by atoms with Crippen LogP contribution in [0.15, 0.2) is 70.4 Å². The van der Waals surface area contributed by atoms with Crippen LogP contribution in [-0.2, 0) is 10.5 Å². The molecule has 1 aliphatic rings. The first-order valence-electron chi connectivity index (χ1n) is 9.06. The van der Waals surface area contributed by atoms with Crippen LogP contribution in [-0.4, -0.2) is 10.7 Å². The number of hydrogen-bond donors (Lipinski definition) is 1. The summed E-state index contributed by atoms with van der Waals surface area (Å²) in [6.07, 6.45) is 0. The quantitative estimate of drug-likeness (QED) is 0.473. The molecular formula is C22H18ClN3O3S. The van der Waals surface area contributed by atoms with Crippen LogP contribution in [0.5, 0.6) is 0 Å². The van der Waals surface area contributed by atoms with Gasteiger partial charge >= 0.3 is 0 Å². The van der Waals surface area contributed by atoms with Gasteiger partial charge in [0, 0.05) is 34.2 Å². The van der Waals surface area contributed by atoms with Crippen LogP contribution in [0.4, 0.5) is 5.69 Å². The van der Waals surface area contributed by atoms with Crippen molar-refractivity contribution in [1.82, 2.24) is 5.32 Å². The summed E-state index contributed by atoms with van der Waals surface area (Å²) in [6, 6.07) is 15.7. The Kier molecular flexibility index (Phi) is 6.60. The predicted octanol–water partition coefficient (Wildman–Crippen LogP) is 5.47. The maximum Gasteiger partial charge on any atom is 0.269 e. The summed E-state index contributed by atoms with van der Waals surface area (Å²) in [4.78, 5) is 23.0. The van der Waals surface area contributed by atoms with Gasteiger partial charge in [-0.25, -0.2) is 0 Å². The number of Topliss-reactive ketones (excluding diaryl/α,β-unsaturated/α-hetero) is 1. The molecule has 1 aliphatic heterocycles. The molecule has 8 heteroatoms. The third-order valence-electron chi connectivity index (χ3n) is 4.73. The minimum Gasteiger partial charge on any atom is -0.353 e. The number of hydrogen-bond acceptors (Lipinski definition) is 6. The Hall–Kier alpha value is -3.08. The summed E-state index contributed by atoms with van der Waals surface area (Å²) < 4.78 is 0. The average Bonchev–Trinajstić information content (AvgIpc) is 2.72. The Labute approximate surface area is 183 Å². The lowest BCUT2D eigenvalue weighted by Gasteiger charge is -2.29. The number of ketones is 1. The maximum atomic E-state index is 12.4. The molecule has 0 saturated carbocycles. The molecule has 6 nitrogen and oxygen atoms in total. The van der Waals surface area contributed by atoms with E-state index in [1.165, 1.54) is 30.8 Å². The number of carbonyl (C=O) groups is 1. The van der Waals surface area contributed by atoms with Gasteiger partial charge in [-0.2, -0.15) is 5.26 Å². The van der Waals surface area contributed by atoms with Crippen LogP contribution in [0.1, 0.15) is 30.9 Å². The molecule has 2 aromatic carbocycles. The number of carbonyl (C=O) groups excluding carboxylic acids is 1. The predicted molar refractivity (Wildman–Crippen MR) is 118 cm³/mol. The molecule has 1 atom stereocenters. The Balaban J connectivity index is 1.98. The minimum absolute atomic E-state index is 0.0215. The number of nitrogens with zero attached hydrogens (tertiary/aromatic N) is 2. The molecule has 0 amide bonds. The monoisotopic (exact) mass is 439 g/mol. The number of thioether (sulfide) groups is 1. The van der Waals surface area contributed by atoms with Gasteiger partial charge in [0.25, 0.3) is 5.69 Å². The Bertz CT molecular complexity index is 1120. The number of benzene rings is 2. The molecule has 0 fully saturated rings. The van der Waals surface area contributed by atoms with E-state index < -0.39 is 10.8 Å². The van der Waals surface area contributed by atoms with E-state index in [1.54, 1.807) is 24.3 Å². The zero-order valence-electron chi connectivity index (χ0n) is 16.3. The average molecular weight is 440 g/mol. The van der Waals surface area contributed by atoms with Gasteiger partial charge in [-0.3, -0.25) is 14.9 Å². The highest BCUT2D eigenvalue weighted by molar-refractivity contribution is 8.02. The second kappa shape index (κ2) is 9.16. The molecule has 0 bridgehead atoms. The van der Waals surface area contributed by atoms with E-state index in [9.17, 15) is 20.2 Å². The molecule has 0 aromatic heterocycles. The minimum atomic E-state index is -0.501. The van der Waals surface area contributed by atoms with Crippen LogP contribution in [0, 0.1) is 21.4 Å². The molecule has 0 radical (unpaired) electrons. The number of non-ortho nitro benzene ring substituents is 1. The lowest BCUT2D eigenvalue weighted by molar-refractivity contribution is -0.384. The van der Waals surface area contributed by atoms with Gasteiger partial charge in [-0.1, -0.05) is 35.9 Å². The van der Waals surface area contributed by atoms with Crippen molar-refractivity contribution in [1.29, 1.82) is 5.26 Å². The topological polar surface area (TPSA) is 96.0 Å². The van der Waals surface area contributed by atoms with Gasteiger partial charge in [0.1, 0.15) is 0 Å². The number of halogens is 1.